The molecule has 0 saturated carbocycles. The highest BCUT2D eigenvalue weighted by molar-refractivity contribution is 7.14. The van der Waals surface area contributed by atoms with Crippen LogP contribution >= 0.6 is 11.3 Å². The maximum atomic E-state index is 13.7. The number of rotatable bonds is 9. The van der Waals surface area contributed by atoms with Gasteiger partial charge in [-0.1, -0.05) is 6.07 Å². The minimum atomic E-state index is -0.749. The summed E-state index contributed by atoms with van der Waals surface area (Å²) in [6, 6.07) is 4.54. The van der Waals surface area contributed by atoms with Gasteiger partial charge >= 0.3 is 0 Å². The molecule has 0 aliphatic carbocycles. The summed E-state index contributed by atoms with van der Waals surface area (Å²) >= 11 is 1.26. The highest BCUT2D eigenvalue weighted by Gasteiger charge is 2.44. The lowest BCUT2D eigenvalue weighted by atomic mass is 9.94. The van der Waals surface area contributed by atoms with Crippen LogP contribution in [0.1, 0.15) is 38.4 Å². The zero-order valence-electron chi connectivity index (χ0n) is 20.5. The third kappa shape index (κ3) is 5.05. The second kappa shape index (κ2) is 10.8. The van der Waals surface area contributed by atoms with E-state index in [-0.39, 0.29) is 11.4 Å². The molecule has 2 aliphatic heterocycles. The van der Waals surface area contributed by atoms with Gasteiger partial charge in [0.15, 0.2) is 17.3 Å². The van der Waals surface area contributed by atoms with Crippen LogP contribution in [-0.4, -0.2) is 85.2 Å². The largest absolute Gasteiger partial charge is 0.503 e. The quantitative estimate of drug-likeness (QED) is 0.523. The molecule has 4 rings (SSSR count). The Hall–Kier alpha value is -2.95. The predicted octanol–water partition coefficient (Wildman–Crippen LogP) is 3.08. The van der Waals surface area contributed by atoms with Crippen LogP contribution in [-0.2, 0) is 9.53 Å². The van der Waals surface area contributed by atoms with Crippen LogP contribution in [0.5, 0.6) is 11.5 Å². The summed E-state index contributed by atoms with van der Waals surface area (Å²) in [5.41, 5.74) is 1.32. The maximum absolute atomic E-state index is 13.7. The molecular weight excluding hydrogens is 470 g/mol. The number of morpholine rings is 1. The van der Waals surface area contributed by atoms with E-state index in [2.05, 4.69) is 9.88 Å². The lowest BCUT2D eigenvalue weighted by molar-refractivity contribution is -0.129. The Morgan fingerprint density at radius 2 is 1.89 bits per heavy atom. The molecule has 188 valence electrons. The van der Waals surface area contributed by atoms with E-state index < -0.39 is 17.7 Å². The third-order valence-electron chi connectivity index (χ3n) is 6.36. The van der Waals surface area contributed by atoms with Crippen molar-refractivity contribution in [3.05, 3.63) is 50.7 Å². The van der Waals surface area contributed by atoms with Crippen molar-refractivity contribution in [2.45, 2.75) is 26.3 Å². The SMILES string of the molecule is COc1ccc([C@H]2C(C(=O)c3sc(C)nc3C)=C(O)C(=O)N2CCCN2CCOCC2)cc1OC. The average molecular weight is 502 g/mol. The number of hydrogen-bond acceptors (Lipinski definition) is 9. The number of nitrogens with zero attached hydrogens (tertiary/aromatic N) is 3. The van der Waals surface area contributed by atoms with Gasteiger partial charge in [0, 0.05) is 26.2 Å². The van der Waals surface area contributed by atoms with Gasteiger partial charge in [-0.3, -0.25) is 14.5 Å². The number of benzene rings is 1. The molecule has 0 bridgehead atoms. The molecule has 35 heavy (non-hydrogen) atoms. The molecule has 1 aromatic heterocycles. The molecule has 9 nitrogen and oxygen atoms in total. The number of methoxy groups -OCH3 is 2. The van der Waals surface area contributed by atoms with Crippen LogP contribution in [0, 0.1) is 13.8 Å². The van der Waals surface area contributed by atoms with E-state index in [1.165, 1.54) is 18.4 Å². The highest BCUT2D eigenvalue weighted by atomic mass is 32.1. The summed E-state index contributed by atoms with van der Waals surface area (Å²) in [6.07, 6.45) is 0.697. The Bertz CT molecular complexity index is 1140. The number of aryl methyl sites for hydroxylation is 2. The Morgan fingerprint density at radius 3 is 2.51 bits per heavy atom. The number of ketones is 1. The van der Waals surface area contributed by atoms with Gasteiger partial charge in [0.25, 0.3) is 5.91 Å². The predicted molar refractivity (Wildman–Crippen MR) is 131 cm³/mol. The molecule has 3 heterocycles. The molecule has 1 amide bonds. The van der Waals surface area contributed by atoms with Gasteiger partial charge in [0.1, 0.15) is 0 Å². The first-order chi connectivity index (χ1) is 16.8. The van der Waals surface area contributed by atoms with E-state index in [0.29, 0.717) is 53.8 Å². The number of hydrogen-bond donors (Lipinski definition) is 1. The first kappa shape index (κ1) is 25.2. The average Bonchev–Trinajstić information content (AvgIpc) is 3.34. The summed E-state index contributed by atoms with van der Waals surface area (Å²) < 4.78 is 16.2. The molecular formula is C25H31N3O6S. The summed E-state index contributed by atoms with van der Waals surface area (Å²) in [5.74, 6) is -0.418. The van der Waals surface area contributed by atoms with Gasteiger partial charge in [-0.05, 0) is 38.0 Å². The van der Waals surface area contributed by atoms with Gasteiger partial charge in [-0.15, -0.1) is 11.3 Å². The molecule has 1 aromatic carbocycles. The van der Waals surface area contributed by atoms with E-state index in [0.717, 1.165) is 24.6 Å². The fraction of sp³-hybridized carbons (Fsp3) is 0.480. The summed E-state index contributed by atoms with van der Waals surface area (Å²) in [6.45, 7) is 7.87. The normalized spacial score (nSPS) is 18.9. The number of amides is 1. The smallest absolute Gasteiger partial charge is 0.290 e. The molecule has 1 atom stereocenters. The Balaban J connectivity index is 1.68. The fourth-order valence-corrected chi connectivity index (χ4v) is 5.51. The number of thiazole rings is 1. The van der Waals surface area contributed by atoms with Crippen molar-refractivity contribution in [1.29, 1.82) is 0 Å². The first-order valence-electron chi connectivity index (χ1n) is 11.6. The standard InChI is InChI=1S/C25H31N3O6S/c1-15-24(35-16(2)26-15)22(29)20-21(17-6-7-18(32-3)19(14-17)33-4)28(25(31)23(20)30)9-5-8-27-10-12-34-13-11-27/h6-7,14,21,30H,5,8-13H2,1-4H3/t21-/m0/s1. The Kier molecular flexibility index (Phi) is 7.73. The highest BCUT2D eigenvalue weighted by Crippen LogP contribution is 2.42. The number of aromatic nitrogens is 1. The van der Waals surface area contributed by atoms with Crippen LogP contribution in [0.4, 0.5) is 0 Å². The second-order valence-electron chi connectivity index (χ2n) is 8.56. The zero-order valence-corrected chi connectivity index (χ0v) is 21.3. The van der Waals surface area contributed by atoms with E-state index in [1.54, 1.807) is 37.1 Å². The van der Waals surface area contributed by atoms with Crippen molar-refractivity contribution in [2.24, 2.45) is 0 Å². The fourth-order valence-electron chi connectivity index (χ4n) is 4.64. The minimum absolute atomic E-state index is 0.0698. The lowest BCUT2D eigenvalue weighted by Gasteiger charge is -2.30. The first-order valence-corrected chi connectivity index (χ1v) is 12.4. The minimum Gasteiger partial charge on any atom is -0.503 e. The van der Waals surface area contributed by atoms with E-state index >= 15 is 0 Å². The Labute approximate surface area is 208 Å². The topological polar surface area (TPSA) is 101 Å². The molecule has 2 aliphatic rings. The molecule has 1 fully saturated rings. The molecule has 2 aromatic rings. The van der Waals surface area contributed by atoms with E-state index in [1.807, 2.05) is 6.92 Å². The van der Waals surface area contributed by atoms with Crippen LogP contribution in [0.25, 0.3) is 0 Å². The van der Waals surface area contributed by atoms with Crippen LogP contribution in [0.15, 0.2) is 29.5 Å². The van der Waals surface area contributed by atoms with Crippen molar-refractivity contribution in [2.75, 3.05) is 53.6 Å². The van der Waals surface area contributed by atoms with Crippen LogP contribution in [0.2, 0.25) is 0 Å². The zero-order chi connectivity index (χ0) is 25.1. The van der Waals surface area contributed by atoms with Crippen molar-refractivity contribution in [3.63, 3.8) is 0 Å². The summed E-state index contributed by atoms with van der Waals surface area (Å²) in [4.78, 5) is 35.6. The van der Waals surface area contributed by atoms with Crippen molar-refractivity contribution in [1.82, 2.24) is 14.8 Å². The number of ether oxygens (including phenoxy) is 3. The van der Waals surface area contributed by atoms with Gasteiger partial charge in [0.05, 0.1) is 54.6 Å². The molecule has 1 N–H and O–H groups in total. The van der Waals surface area contributed by atoms with Crippen molar-refractivity contribution < 1.29 is 28.9 Å². The van der Waals surface area contributed by atoms with Gasteiger partial charge in [-0.2, -0.15) is 0 Å². The van der Waals surface area contributed by atoms with Crippen LogP contribution < -0.4 is 9.47 Å². The van der Waals surface area contributed by atoms with E-state index in [9.17, 15) is 14.7 Å². The molecule has 10 heteroatoms. The molecule has 1 saturated heterocycles. The molecule has 0 radical (unpaired) electrons. The van der Waals surface area contributed by atoms with Crippen molar-refractivity contribution in [3.8, 4) is 11.5 Å². The summed E-state index contributed by atoms with van der Waals surface area (Å²) in [7, 11) is 3.08. The monoisotopic (exact) mass is 501 g/mol. The van der Waals surface area contributed by atoms with Gasteiger partial charge < -0.3 is 24.2 Å². The number of carbonyl (C=O) groups is 2. The van der Waals surface area contributed by atoms with E-state index in [4.69, 9.17) is 14.2 Å². The second-order valence-corrected chi connectivity index (χ2v) is 9.77. The number of Topliss-reactive ketones (excluding diaryl/α,β-unsaturated/α-hetero) is 1. The number of carbonyl (C=O) groups excluding carboxylic acids is 2. The van der Waals surface area contributed by atoms with Crippen LogP contribution in [0.3, 0.4) is 0 Å². The Morgan fingerprint density at radius 1 is 1.17 bits per heavy atom. The number of aliphatic hydroxyl groups excluding tert-OH is 1. The van der Waals surface area contributed by atoms with Gasteiger partial charge in [-0.25, -0.2) is 4.98 Å². The number of aliphatic hydroxyl groups is 1. The summed E-state index contributed by atoms with van der Waals surface area (Å²) in [5, 5.41) is 11.7. The maximum Gasteiger partial charge on any atom is 0.290 e. The van der Waals surface area contributed by atoms with Gasteiger partial charge in [0.2, 0.25) is 5.78 Å². The third-order valence-corrected chi connectivity index (χ3v) is 7.43. The lowest BCUT2D eigenvalue weighted by Crippen LogP contribution is -2.39. The molecule has 0 unspecified atom stereocenters. The molecule has 0 spiro atoms. The van der Waals surface area contributed by atoms with Crippen molar-refractivity contribution >= 4 is 23.0 Å².